The van der Waals surface area contributed by atoms with Crippen LogP contribution in [0.25, 0.3) is 0 Å². The van der Waals surface area contributed by atoms with Gasteiger partial charge in [0, 0.05) is 19.7 Å². The van der Waals surface area contributed by atoms with Crippen LogP contribution in [0.15, 0.2) is 17.6 Å². The largest absolute Gasteiger partial charge is 0.376 e. The molecule has 0 spiro atoms. The van der Waals surface area contributed by atoms with E-state index >= 15 is 0 Å². The Morgan fingerprint density at radius 2 is 2.29 bits per heavy atom. The SMILES string of the molecule is C=CCNC(=NCC1CCCCO1)NCC.I. The second-order valence-corrected chi connectivity index (χ2v) is 3.88. The molecule has 0 amide bonds. The maximum absolute atomic E-state index is 5.63. The summed E-state index contributed by atoms with van der Waals surface area (Å²) < 4.78 is 5.63. The van der Waals surface area contributed by atoms with Crippen molar-refractivity contribution in [1.82, 2.24) is 10.6 Å². The number of rotatable bonds is 5. The highest BCUT2D eigenvalue weighted by molar-refractivity contribution is 14.0. The molecule has 0 aromatic carbocycles. The Bertz CT molecular complexity index is 228. The molecular formula is C12H24IN3O. The molecule has 17 heavy (non-hydrogen) atoms. The fourth-order valence-corrected chi connectivity index (χ4v) is 1.66. The number of guanidine groups is 1. The number of nitrogens with one attached hydrogen (secondary N) is 2. The Kier molecular flexibility index (Phi) is 10.6. The summed E-state index contributed by atoms with van der Waals surface area (Å²) in [7, 11) is 0. The molecule has 1 unspecified atom stereocenters. The Balaban J connectivity index is 0.00000256. The molecule has 0 bridgehead atoms. The smallest absolute Gasteiger partial charge is 0.191 e. The van der Waals surface area contributed by atoms with Gasteiger partial charge >= 0.3 is 0 Å². The highest BCUT2D eigenvalue weighted by Gasteiger charge is 2.12. The number of hydrogen-bond acceptors (Lipinski definition) is 2. The van der Waals surface area contributed by atoms with E-state index in [4.69, 9.17) is 4.74 Å². The molecule has 5 heteroatoms. The first kappa shape index (κ1) is 16.7. The van der Waals surface area contributed by atoms with Crippen molar-refractivity contribution in [3.63, 3.8) is 0 Å². The van der Waals surface area contributed by atoms with Crippen molar-refractivity contribution in [3.8, 4) is 0 Å². The minimum atomic E-state index is 0. The van der Waals surface area contributed by atoms with Crippen molar-refractivity contribution in [3.05, 3.63) is 12.7 Å². The Morgan fingerprint density at radius 3 is 2.88 bits per heavy atom. The maximum Gasteiger partial charge on any atom is 0.191 e. The number of nitrogens with zero attached hydrogens (tertiary/aromatic N) is 1. The summed E-state index contributed by atoms with van der Waals surface area (Å²) in [5.74, 6) is 0.844. The Hall–Kier alpha value is -0.300. The molecule has 1 atom stereocenters. The van der Waals surface area contributed by atoms with Gasteiger partial charge in [0.15, 0.2) is 5.96 Å². The number of halogens is 1. The van der Waals surface area contributed by atoms with E-state index < -0.39 is 0 Å². The number of hydrogen-bond donors (Lipinski definition) is 2. The number of aliphatic imine (C=N–C) groups is 1. The first-order chi connectivity index (χ1) is 7.86. The Morgan fingerprint density at radius 1 is 1.47 bits per heavy atom. The van der Waals surface area contributed by atoms with E-state index in [9.17, 15) is 0 Å². The molecule has 1 saturated heterocycles. The van der Waals surface area contributed by atoms with Crippen molar-refractivity contribution in [2.45, 2.75) is 32.3 Å². The zero-order valence-electron chi connectivity index (χ0n) is 10.6. The van der Waals surface area contributed by atoms with Crippen molar-refractivity contribution in [2.24, 2.45) is 4.99 Å². The molecule has 4 nitrogen and oxygen atoms in total. The van der Waals surface area contributed by atoms with E-state index in [1.54, 1.807) is 0 Å². The molecule has 100 valence electrons. The average Bonchev–Trinajstić information content (AvgIpc) is 2.34. The van der Waals surface area contributed by atoms with E-state index in [-0.39, 0.29) is 24.0 Å². The third-order valence-corrected chi connectivity index (χ3v) is 2.49. The summed E-state index contributed by atoms with van der Waals surface area (Å²) in [6, 6.07) is 0. The summed E-state index contributed by atoms with van der Waals surface area (Å²) in [5, 5.41) is 6.37. The van der Waals surface area contributed by atoms with E-state index in [0.29, 0.717) is 6.10 Å². The van der Waals surface area contributed by atoms with Crippen LogP contribution in [0.3, 0.4) is 0 Å². The van der Waals surface area contributed by atoms with Crippen LogP contribution in [0, 0.1) is 0 Å². The minimum Gasteiger partial charge on any atom is -0.376 e. The maximum atomic E-state index is 5.63. The van der Waals surface area contributed by atoms with Gasteiger partial charge in [0.1, 0.15) is 0 Å². The molecule has 1 heterocycles. The zero-order valence-corrected chi connectivity index (χ0v) is 12.9. The van der Waals surface area contributed by atoms with Crippen LogP contribution in [-0.4, -0.2) is 38.3 Å². The lowest BCUT2D eigenvalue weighted by atomic mass is 10.1. The van der Waals surface area contributed by atoms with Crippen LogP contribution in [0.1, 0.15) is 26.2 Å². The van der Waals surface area contributed by atoms with Crippen molar-refractivity contribution in [2.75, 3.05) is 26.2 Å². The molecule has 0 aliphatic carbocycles. The summed E-state index contributed by atoms with van der Waals surface area (Å²) in [4.78, 5) is 4.50. The second-order valence-electron chi connectivity index (χ2n) is 3.88. The summed E-state index contributed by atoms with van der Waals surface area (Å²) >= 11 is 0. The third kappa shape index (κ3) is 7.59. The molecule has 0 radical (unpaired) electrons. The van der Waals surface area contributed by atoms with Crippen molar-refractivity contribution < 1.29 is 4.74 Å². The van der Waals surface area contributed by atoms with E-state index in [2.05, 4.69) is 29.1 Å². The van der Waals surface area contributed by atoms with Gasteiger partial charge in [-0.05, 0) is 26.2 Å². The summed E-state index contributed by atoms with van der Waals surface area (Å²) in [6.45, 7) is 8.96. The lowest BCUT2D eigenvalue weighted by molar-refractivity contribution is 0.0224. The van der Waals surface area contributed by atoms with Gasteiger partial charge in [-0.2, -0.15) is 0 Å². The highest BCUT2D eigenvalue weighted by Crippen LogP contribution is 2.12. The fraction of sp³-hybridized carbons (Fsp3) is 0.750. The van der Waals surface area contributed by atoms with Crippen LogP contribution in [-0.2, 0) is 4.74 Å². The van der Waals surface area contributed by atoms with Gasteiger partial charge in [-0.1, -0.05) is 6.08 Å². The molecular weight excluding hydrogens is 329 g/mol. The first-order valence-corrected chi connectivity index (χ1v) is 6.11. The average molecular weight is 353 g/mol. The molecule has 0 aromatic heterocycles. The molecule has 2 N–H and O–H groups in total. The van der Waals surface area contributed by atoms with E-state index in [1.165, 1.54) is 12.8 Å². The molecule has 1 aliphatic rings. The van der Waals surface area contributed by atoms with E-state index in [1.807, 2.05) is 6.08 Å². The van der Waals surface area contributed by atoms with Gasteiger partial charge < -0.3 is 15.4 Å². The first-order valence-electron chi connectivity index (χ1n) is 6.11. The van der Waals surface area contributed by atoms with Gasteiger partial charge in [0.2, 0.25) is 0 Å². The standard InChI is InChI=1S/C12H23N3O.HI/c1-3-8-14-12(13-4-2)15-10-11-7-5-6-9-16-11;/h3,11H,1,4-10H2,2H3,(H2,13,14,15);1H. The summed E-state index contributed by atoms with van der Waals surface area (Å²) in [5.41, 5.74) is 0. The molecule has 1 aliphatic heterocycles. The predicted octanol–water partition coefficient (Wildman–Crippen LogP) is 1.91. The van der Waals surface area contributed by atoms with Crippen molar-refractivity contribution in [1.29, 1.82) is 0 Å². The van der Waals surface area contributed by atoms with Crippen LogP contribution >= 0.6 is 24.0 Å². The lowest BCUT2D eigenvalue weighted by Gasteiger charge is -2.21. The summed E-state index contributed by atoms with van der Waals surface area (Å²) in [6.07, 6.45) is 5.70. The molecule has 1 fully saturated rings. The van der Waals surface area contributed by atoms with Gasteiger partial charge in [0.25, 0.3) is 0 Å². The lowest BCUT2D eigenvalue weighted by Crippen LogP contribution is -2.38. The molecule has 0 aromatic rings. The van der Waals surface area contributed by atoms with Crippen LogP contribution in [0.4, 0.5) is 0 Å². The van der Waals surface area contributed by atoms with Gasteiger partial charge in [-0.3, -0.25) is 4.99 Å². The monoisotopic (exact) mass is 353 g/mol. The topological polar surface area (TPSA) is 45.7 Å². The van der Waals surface area contributed by atoms with Crippen LogP contribution < -0.4 is 10.6 Å². The molecule has 1 rings (SSSR count). The van der Waals surface area contributed by atoms with Crippen LogP contribution in [0.5, 0.6) is 0 Å². The Labute approximate surface area is 121 Å². The normalized spacial score (nSPS) is 20.3. The fourth-order valence-electron chi connectivity index (χ4n) is 1.66. The van der Waals surface area contributed by atoms with Gasteiger partial charge in [-0.15, -0.1) is 30.6 Å². The second kappa shape index (κ2) is 10.8. The highest BCUT2D eigenvalue weighted by atomic mass is 127. The van der Waals surface area contributed by atoms with Crippen LogP contribution in [0.2, 0.25) is 0 Å². The molecule has 0 saturated carbocycles. The van der Waals surface area contributed by atoms with Gasteiger partial charge in [0.05, 0.1) is 12.6 Å². The zero-order chi connectivity index (χ0) is 11.6. The van der Waals surface area contributed by atoms with Gasteiger partial charge in [-0.25, -0.2) is 0 Å². The van der Waals surface area contributed by atoms with Crippen molar-refractivity contribution >= 4 is 29.9 Å². The minimum absolute atomic E-state index is 0. The third-order valence-electron chi connectivity index (χ3n) is 2.49. The quantitative estimate of drug-likeness (QED) is 0.344. The van der Waals surface area contributed by atoms with E-state index in [0.717, 1.165) is 38.6 Å². The number of ether oxygens (including phenoxy) is 1. The predicted molar refractivity (Wildman–Crippen MR) is 83.2 cm³/mol.